The van der Waals surface area contributed by atoms with Gasteiger partial charge in [-0.15, -0.1) is 0 Å². The van der Waals surface area contributed by atoms with Gasteiger partial charge in [0.25, 0.3) is 5.91 Å². The highest BCUT2D eigenvalue weighted by atomic mass is 16.5. The van der Waals surface area contributed by atoms with Crippen LogP contribution in [-0.4, -0.2) is 34.1 Å². The average Bonchev–Trinajstić information content (AvgIpc) is 3.36. The molecule has 1 amide bonds. The second kappa shape index (κ2) is 9.52. The van der Waals surface area contributed by atoms with Crippen molar-refractivity contribution in [1.29, 1.82) is 0 Å². The molecule has 5 rings (SSSR count). The molecule has 0 spiro atoms. The number of nitrogens with one attached hydrogen (secondary N) is 1. The number of phenols is 1. The zero-order chi connectivity index (χ0) is 24.2. The third-order valence-corrected chi connectivity index (χ3v) is 5.64. The van der Waals surface area contributed by atoms with E-state index < -0.39 is 5.91 Å². The van der Waals surface area contributed by atoms with Gasteiger partial charge in [0.1, 0.15) is 17.2 Å². The fourth-order valence-corrected chi connectivity index (χ4v) is 3.84. The first kappa shape index (κ1) is 21.9. The number of benzene rings is 4. The number of fused-ring (bicyclic) bond motifs is 1. The van der Waals surface area contributed by atoms with Crippen LogP contribution in [0.25, 0.3) is 27.7 Å². The molecule has 0 atom stereocenters. The van der Waals surface area contributed by atoms with Gasteiger partial charge in [-0.3, -0.25) is 4.79 Å². The number of nitrogens with zero attached hydrogens (tertiary/aromatic N) is 3. The predicted molar refractivity (Wildman–Crippen MR) is 136 cm³/mol. The van der Waals surface area contributed by atoms with Crippen LogP contribution in [0.3, 0.4) is 0 Å². The molecular formula is C28H22N4O3. The number of para-hydroxylation sites is 1. The Morgan fingerprint density at radius 2 is 1.71 bits per heavy atom. The number of phenolic OH excluding ortho intramolecular Hbond substituents is 1. The molecule has 0 unspecified atom stereocenters. The Labute approximate surface area is 201 Å². The molecule has 2 N–H and O–H groups in total. The number of rotatable bonds is 6. The van der Waals surface area contributed by atoms with Crippen molar-refractivity contribution in [3.63, 3.8) is 0 Å². The molecular weight excluding hydrogens is 440 g/mol. The van der Waals surface area contributed by atoms with E-state index in [1.54, 1.807) is 23.9 Å². The lowest BCUT2D eigenvalue weighted by Gasteiger charge is -2.07. The minimum atomic E-state index is -0.433. The fourth-order valence-electron chi connectivity index (χ4n) is 3.84. The Morgan fingerprint density at radius 1 is 0.971 bits per heavy atom. The molecule has 7 heteroatoms. The van der Waals surface area contributed by atoms with Crippen molar-refractivity contribution in [2.24, 2.45) is 5.10 Å². The quantitative estimate of drug-likeness (QED) is 0.269. The van der Waals surface area contributed by atoms with Gasteiger partial charge in [0.05, 0.1) is 24.7 Å². The van der Waals surface area contributed by atoms with Crippen molar-refractivity contribution in [2.75, 3.05) is 7.11 Å². The van der Waals surface area contributed by atoms with Gasteiger partial charge in [-0.05, 0) is 59.3 Å². The first-order chi connectivity index (χ1) is 17.1. The monoisotopic (exact) mass is 462 g/mol. The number of amides is 1. The molecule has 0 aliphatic rings. The SMILES string of the molecule is COc1ccc(-c2cc(C(=O)NN=Cc3c(O)ccc4ccccc34)n(-c3ccccc3)n2)cc1. The fraction of sp³-hybridized carbons (Fsp3) is 0.0357. The second-order valence-corrected chi connectivity index (χ2v) is 7.81. The van der Waals surface area contributed by atoms with Crippen LogP contribution in [0.15, 0.2) is 102 Å². The number of carbonyl (C=O) groups excluding carboxylic acids is 1. The molecule has 0 saturated carbocycles. The number of aromatic hydroxyl groups is 1. The van der Waals surface area contributed by atoms with Gasteiger partial charge in [0.15, 0.2) is 0 Å². The normalized spacial score (nSPS) is 11.1. The Bertz CT molecular complexity index is 1520. The van der Waals surface area contributed by atoms with Crippen LogP contribution >= 0.6 is 0 Å². The summed E-state index contributed by atoms with van der Waals surface area (Å²) in [5.41, 5.74) is 5.64. The van der Waals surface area contributed by atoms with Crippen molar-refractivity contribution in [2.45, 2.75) is 0 Å². The number of hydrazone groups is 1. The highest BCUT2D eigenvalue weighted by molar-refractivity contribution is 6.03. The van der Waals surface area contributed by atoms with Crippen molar-refractivity contribution >= 4 is 22.9 Å². The van der Waals surface area contributed by atoms with E-state index in [1.165, 1.54) is 6.21 Å². The standard InChI is InChI=1S/C28H22N4O3/c1-35-22-14-11-20(12-15-22)25-17-26(32(31-25)21-8-3-2-4-9-21)28(34)30-29-18-24-23-10-6-5-7-19(23)13-16-27(24)33/h2-18,33H,1H3,(H,30,34). The maximum atomic E-state index is 13.2. The number of hydrogen-bond acceptors (Lipinski definition) is 5. The lowest BCUT2D eigenvalue weighted by molar-refractivity contribution is 0.0947. The molecule has 172 valence electrons. The zero-order valence-electron chi connectivity index (χ0n) is 18.9. The molecule has 0 radical (unpaired) electrons. The molecule has 35 heavy (non-hydrogen) atoms. The van der Waals surface area contributed by atoms with E-state index in [0.29, 0.717) is 17.0 Å². The molecule has 0 aliphatic heterocycles. The van der Waals surface area contributed by atoms with E-state index in [9.17, 15) is 9.90 Å². The van der Waals surface area contributed by atoms with Crippen molar-refractivity contribution in [3.8, 4) is 28.4 Å². The van der Waals surface area contributed by atoms with Gasteiger partial charge in [0, 0.05) is 11.1 Å². The molecule has 4 aromatic carbocycles. The first-order valence-electron chi connectivity index (χ1n) is 11.0. The Kier molecular flexibility index (Phi) is 5.96. The average molecular weight is 463 g/mol. The zero-order valence-corrected chi connectivity index (χ0v) is 18.9. The van der Waals surface area contributed by atoms with E-state index in [1.807, 2.05) is 84.9 Å². The number of methoxy groups -OCH3 is 1. The van der Waals surface area contributed by atoms with Crippen molar-refractivity contribution in [1.82, 2.24) is 15.2 Å². The van der Waals surface area contributed by atoms with Crippen molar-refractivity contribution < 1.29 is 14.6 Å². The van der Waals surface area contributed by atoms with Crippen molar-refractivity contribution in [3.05, 3.63) is 108 Å². The number of carbonyl (C=O) groups is 1. The van der Waals surface area contributed by atoms with Crippen LogP contribution in [0, 0.1) is 0 Å². The van der Waals surface area contributed by atoms with Gasteiger partial charge < -0.3 is 9.84 Å². The summed E-state index contributed by atoms with van der Waals surface area (Å²) in [6.07, 6.45) is 1.45. The molecule has 1 heterocycles. The van der Waals surface area contributed by atoms with E-state index in [0.717, 1.165) is 27.8 Å². The second-order valence-electron chi connectivity index (χ2n) is 7.81. The summed E-state index contributed by atoms with van der Waals surface area (Å²) in [6, 6.07) is 29.7. The van der Waals surface area contributed by atoms with E-state index in [4.69, 9.17) is 4.74 Å². The van der Waals surface area contributed by atoms with Crippen LogP contribution in [0.4, 0.5) is 0 Å². The predicted octanol–water partition coefficient (Wildman–Crippen LogP) is 5.17. The Hall–Kier alpha value is -4.91. The molecule has 7 nitrogen and oxygen atoms in total. The number of aromatic nitrogens is 2. The van der Waals surface area contributed by atoms with Crippen LogP contribution in [-0.2, 0) is 0 Å². The minimum absolute atomic E-state index is 0.0813. The molecule has 0 saturated heterocycles. The van der Waals surface area contributed by atoms with Gasteiger partial charge in [-0.25, -0.2) is 10.1 Å². The maximum Gasteiger partial charge on any atom is 0.290 e. The minimum Gasteiger partial charge on any atom is -0.507 e. The summed E-state index contributed by atoms with van der Waals surface area (Å²) in [7, 11) is 1.61. The summed E-state index contributed by atoms with van der Waals surface area (Å²) in [5, 5.41) is 20.9. The third kappa shape index (κ3) is 4.47. The van der Waals surface area contributed by atoms with Crippen LogP contribution < -0.4 is 10.2 Å². The third-order valence-electron chi connectivity index (χ3n) is 5.64. The highest BCUT2D eigenvalue weighted by Gasteiger charge is 2.17. The summed E-state index contributed by atoms with van der Waals surface area (Å²) < 4.78 is 6.82. The lowest BCUT2D eigenvalue weighted by atomic mass is 10.0. The lowest BCUT2D eigenvalue weighted by Crippen LogP contribution is -2.21. The van der Waals surface area contributed by atoms with Gasteiger partial charge >= 0.3 is 0 Å². The maximum absolute atomic E-state index is 13.2. The Balaban J connectivity index is 1.47. The van der Waals surface area contributed by atoms with Gasteiger partial charge in [-0.1, -0.05) is 48.5 Å². The molecule has 0 fully saturated rings. The molecule has 0 aliphatic carbocycles. The number of ether oxygens (including phenoxy) is 1. The first-order valence-corrected chi connectivity index (χ1v) is 11.0. The van der Waals surface area contributed by atoms with Gasteiger partial charge in [0.2, 0.25) is 0 Å². The van der Waals surface area contributed by atoms with Gasteiger partial charge in [-0.2, -0.15) is 10.2 Å². The molecule has 1 aromatic heterocycles. The molecule has 0 bridgehead atoms. The summed E-state index contributed by atoms with van der Waals surface area (Å²) in [4.78, 5) is 13.2. The summed E-state index contributed by atoms with van der Waals surface area (Å²) in [5.74, 6) is 0.384. The van der Waals surface area contributed by atoms with E-state index in [-0.39, 0.29) is 5.75 Å². The Morgan fingerprint density at radius 3 is 2.49 bits per heavy atom. The number of hydrogen-bond donors (Lipinski definition) is 2. The van der Waals surface area contributed by atoms with Crippen LogP contribution in [0.1, 0.15) is 16.1 Å². The van der Waals surface area contributed by atoms with Crippen LogP contribution in [0.2, 0.25) is 0 Å². The molecule has 5 aromatic rings. The largest absolute Gasteiger partial charge is 0.507 e. The summed E-state index contributed by atoms with van der Waals surface area (Å²) >= 11 is 0. The summed E-state index contributed by atoms with van der Waals surface area (Å²) in [6.45, 7) is 0. The van der Waals surface area contributed by atoms with Crippen LogP contribution in [0.5, 0.6) is 11.5 Å². The van der Waals surface area contributed by atoms with E-state index >= 15 is 0 Å². The van der Waals surface area contributed by atoms with E-state index in [2.05, 4.69) is 15.6 Å². The highest BCUT2D eigenvalue weighted by Crippen LogP contribution is 2.26. The topological polar surface area (TPSA) is 88.7 Å². The smallest absolute Gasteiger partial charge is 0.290 e.